The Labute approximate surface area is 271 Å². The van der Waals surface area contributed by atoms with E-state index in [-0.39, 0.29) is 30.4 Å². The zero-order valence-electron chi connectivity index (χ0n) is 26.2. The number of hydrogen-bond donors (Lipinski definition) is 4. The van der Waals surface area contributed by atoms with Gasteiger partial charge in [-0.2, -0.15) is 0 Å². The van der Waals surface area contributed by atoms with E-state index in [9.17, 15) is 14.4 Å². The summed E-state index contributed by atoms with van der Waals surface area (Å²) in [7, 11) is 1.58. The van der Waals surface area contributed by atoms with Crippen molar-refractivity contribution in [3.63, 3.8) is 0 Å². The molecule has 1 aliphatic carbocycles. The molecule has 2 aliphatic rings. The van der Waals surface area contributed by atoms with Crippen LogP contribution in [0.3, 0.4) is 0 Å². The molecule has 46 heavy (non-hydrogen) atoms. The smallest absolute Gasteiger partial charge is 0.262 e. The number of nitrogen functional groups attached to an aromatic ring is 1. The summed E-state index contributed by atoms with van der Waals surface area (Å²) >= 11 is 1.21. The summed E-state index contributed by atoms with van der Waals surface area (Å²) in [5, 5.41) is 3.74. The number of benzene rings is 3. The second kappa shape index (κ2) is 12.5. The molecule has 240 valence electrons. The molecular formula is C35H39N5O5S. The van der Waals surface area contributed by atoms with Crippen molar-refractivity contribution in [2.75, 3.05) is 25.9 Å². The Bertz CT molecular complexity index is 1830. The average Bonchev–Trinajstić information content (AvgIpc) is 3.46. The molecule has 3 unspecified atom stereocenters. The first-order chi connectivity index (χ1) is 22.0. The number of Topliss-reactive ketones (excluding diaryl/α,β-unsaturated/α-hetero) is 1. The fourth-order valence-corrected chi connectivity index (χ4v) is 7.83. The Morgan fingerprint density at radius 3 is 2.57 bits per heavy atom. The van der Waals surface area contributed by atoms with Gasteiger partial charge in [0.25, 0.3) is 5.91 Å². The second-order valence-electron chi connectivity index (χ2n) is 12.2. The van der Waals surface area contributed by atoms with Crippen molar-refractivity contribution in [1.82, 2.24) is 10.2 Å². The van der Waals surface area contributed by atoms with Crippen LogP contribution in [0.1, 0.15) is 64.2 Å². The van der Waals surface area contributed by atoms with Gasteiger partial charge in [0, 0.05) is 42.9 Å². The van der Waals surface area contributed by atoms with Gasteiger partial charge in [-0.1, -0.05) is 30.3 Å². The molecule has 0 spiro atoms. The number of nitrogens with zero attached hydrogens (tertiary/aromatic N) is 1. The molecule has 4 atom stereocenters. The van der Waals surface area contributed by atoms with Crippen molar-refractivity contribution in [1.29, 1.82) is 0 Å². The highest BCUT2D eigenvalue weighted by Crippen LogP contribution is 2.50. The van der Waals surface area contributed by atoms with E-state index in [2.05, 4.69) is 5.32 Å². The molecule has 10 nitrogen and oxygen atoms in total. The summed E-state index contributed by atoms with van der Waals surface area (Å²) in [6.45, 7) is 4.76. The number of methoxy groups -OCH3 is 1. The van der Waals surface area contributed by atoms with Crippen LogP contribution in [0.5, 0.6) is 11.5 Å². The quantitative estimate of drug-likeness (QED) is 0.204. The normalized spacial score (nSPS) is 21.7. The third-order valence-corrected chi connectivity index (χ3v) is 10.3. The number of aryl methyl sites for hydroxylation is 1. The first-order valence-electron chi connectivity index (χ1n) is 15.4. The van der Waals surface area contributed by atoms with Crippen LogP contribution in [0.15, 0.2) is 60.7 Å². The highest BCUT2D eigenvalue weighted by molar-refractivity contribution is 7.21. The minimum atomic E-state index is -1.58. The molecule has 7 N–H and O–H groups in total. The molecule has 4 aromatic rings. The molecule has 1 aliphatic heterocycles. The monoisotopic (exact) mass is 641 g/mol. The van der Waals surface area contributed by atoms with Crippen molar-refractivity contribution >= 4 is 44.7 Å². The van der Waals surface area contributed by atoms with Crippen molar-refractivity contribution in [2.45, 2.75) is 56.8 Å². The van der Waals surface area contributed by atoms with Gasteiger partial charge in [-0.3, -0.25) is 14.4 Å². The number of hydrogen-bond acceptors (Lipinski definition) is 9. The average molecular weight is 642 g/mol. The molecule has 0 radical (unpaired) electrons. The van der Waals surface area contributed by atoms with Crippen LogP contribution in [0.4, 0.5) is 5.69 Å². The van der Waals surface area contributed by atoms with Crippen molar-refractivity contribution < 1.29 is 23.9 Å². The summed E-state index contributed by atoms with van der Waals surface area (Å²) < 4.78 is 11.9. The van der Waals surface area contributed by atoms with Crippen LogP contribution in [0.25, 0.3) is 10.1 Å². The zero-order valence-corrected chi connectivity index (χ0v) is 27.0. The Kier molecular flexibility index (Phi) is 8.60. The van der Waals surface area contributed by atoms with Crippen LogP contribution >= 0.6 is 11.3 Å². The number of rotatable bonds is 8. The maximum Gasteiger partial charge on any atom is 0.262 e. The maximum absolute atomic E-state index is 14.3. The Morgan fingerprint density at radius 2 is 1.85 bits per heavy atom. The number of ketones is 1. The zero-order chi connectivity index (χ0) is 32.7. The maximum atomic E-state index is 14.3. The van der Waals surface area contributed by atoms with E-state index in [0.29, 0.717) is 61.9 Å². The third-order valence-electron chi connectivity index (χ3n) is 9.09. The standard InChI is InChI=1S/C35H39N5O5S/c1-19-16-23(45-22-9-5-4-6-10-22)11-12-24(19)35(38)25-13-14-26(36)31-28(25)29(30(37)33(35)42)32(46-31)34(43)39-21-8-7-15-40(18-21)27(41)17-20(2)44-3/h4-6,9-14,16,20-21,30H,7-8,15,17-18,36-38H2,1-3H3,(H,39,43)/t20?,21-,30?,35?/m1/s1. The van der Waals surface area contributed by atoms with Crippen molar-refractivity contribution in [2.24, 2.45) is 11.5 Å². The molecule has 3 aromatic carbocycles. The van der Waals surface area contributed by atoms with E-state index in [1.54, 1.807) is 36.3 Å². The van der Waals surface area contributed by atoms with E-state index in [4.69, 9.17) is 26.7 Å². The number of nitrogens with two attached hydrogens (primary N) is 3. The van der Waals surface area contributed by atoms with E-state index in [1.165, 1.54) is 11.3 Å². The number of likely N-dealkylation sites (tertiary alicyclic amines) is 1. The van der Waals surface area contributed by atoms with E-state index in [1.807, 2.05) is 50.2 Å². The van der Waals surface area contributed by atoms with Crippen LogP contribution in [-0.4, -0.2) is 54.8 Å². The number of nitrogens with one attached hydrogen (secondary N) is 1. The number of para-hydroxylation sites is 1. The highest BCUT2D eigenvalue weighted by atomic mass is 32.1. The third kappa shape index (κ3) is 5.53. The van der Waals surface area contributed by atoms with Gasteiger partial charge in [-0.15, -0.1) is 11.3 Å². The predicted octanol–water partition coefficient (Wildman–Crippen LogP) is 4.51. The van der Waals surface area contributed by atoms with E-state index < -0.39 is 17.4 Å². The molecule has 0 saturated carbocycles. The molecule has 1 fully saturated rings. The molecule has 0 bridgehead atoms. The SMILES string of the molecule is COC(C)CC(=O)N1CCC[C@@H](NC(=O)c2sc3c(N)ccc4c3c2C(N)C(=O)C4(N)c2ccc(Oc3ccccc3)cc2C)C1. The molecular weight excluding hydrogens is 602 g/mol. The molecule has 2 heterocycles. The van der Waals surface area contributed by atoms with E-state index >= 15 is 0 Å². The minimum absolute atomic E-state index is 0.00970. The Balaban J connectivity index is 1.33. The fourth-order valence-electron chi connectivity index (χ4n) is 6.63. The number of carbonyl (C=O) groups is 3. The van der Waals surface area contributed by atoms with Gasteiger partial charge >= 0.3 is 0 Å². The van der Waals surface area contributed by atoms with Crippen LogP contribution in [0.2, 0.25) is 0 Å². The molecule has 11 heteroatoms. The number of amides is 2. The lowest BCUT2D eigenvalue weighted by Gasteiger charge is -2.37. The topological polar surface area (TPSA) is 163 Å². The van der Waals surface area contributed by atoms with Crippen molar-refractivity contribution in [3.8, 4) is 11.5 Å². The number of anilines is 1. The number of piperidine rings is 1. The summed E-state index contributed by atoms with van der Waals surface area (Å²) in [5.41, 5.74) is 21.5. The van der Waals surface area contributed by atoms with Gasteiger partial charge in [0.05, 0.1) is 28.1 Å². The van der Waals surface area contributed by atoms with Crippen LogP contribution in [0, 0.1) is 6.92 Å². The lowest BCUT2D eigenvalue weighted by molar-refractivity contribution is -0.134. The lowest BCUT2D eigenvalue weighted by atomic mass is 9.69. The summed E-state index contributed by atoms with van der Waals surface area (Å²) in [5.74, 6) is 0.523. The second-order valence-corrected chi connectivity index (χ2v) is 13.2. The van der Waals surface area contributed by atoms with Gasteiger partial charge in [0.2, 0.25) is 5.91 Å². The summed E-state index contributed by atoms with van der Waals surface area (Å²) in [4.78, 5) is 43.0. The van der Waals surface area contributed by atoms with Crippen molar-refractivity contribution in [3.05, 3.63) is 87.8 Å². The van der Waals surface area contributed by atoms with Gasteiger partial charge in [-0.05, 0) is 73.7 Å². The van der Waals surface area contributed by atoms with Gasteiger partial charge < -0.3 is 36.9 Å². The number of carbonyl (C=O) groups excluding carboxylic acids is 3. The molecule has 1 aromatic heterocycles. The lowest BCUT2D eigenvalue weighted by Crippen LogP contribution is -2.53. The number of ether oxygens (including phenoxy) is 2. The van der Waals surface area contributed by atoms with Gasteiger partial charge in [0.15, 0.2) is 5.78 Å². The molecule has 2 amide bonds. The summed E-state index contributed by atoms with van der Waals surface area (Å²) in [6.07, 6.45) is 1.58. The van der Waals surface area contributed by atoms with E-state index in [0.717, 1.165) is 18.4 Å². The highest BCUT2D eigenvalue weighted by Gasteiger charge is 2.49. The Morgan fingerprint density at radius 1 is 1.11 bits per heavy atom. The van der Waals surface area contributed by atoms with Gasteiger partial charge in [0.1, 0.15) is 17.0 Å². The fraction of sp³-hybridized carbons (Fsp3) is 0.343. The summed E-state index contributed by atoms with van der Waals surface area (Å²) in [6, 6.07) is 16.9. The molecule has 1 saturated heterocycles. The first-order valence-corrected chi connectivity index (χ1v) is 16.2. The minimum Gasteiger partial charge on any atom is -0.457 e. The molecule has 6 rings (SSSR count). The van der Waals surface area contributed by atoms with Crippen LogP contribution < -0.4 is 27.3 Å². The number of thiophene rings is 1. The predicted molar refractivity (Wildman–Crippen MR) is 179 cm³/mol. The first kappa shape index (κ1) is 31.7. The van der Waals surface area contributed by atoms with Crippen LogP contribution in [-0.2, 0) is 19.9 Å². The van der Waals surface area contributed by atoms with Gasteiger partial charge in [-0.25, -0.2) is 0 Å². The largest absolute Gasteiger partial charge is 0.457 e. The Hall–Kier alpha value is -4.29.